The zero-order chi connectivity index (χ0) is 14.0. The molecule has 3 N–H and O–H groups in total. The van der Waals surface area contributed by atoms with E-state index in [1.807, 2.05) is 0 Å². The quantitative estimate of drug-likeness (QED) is 0.646. The van der Waals surface area contributed by atoms with Gasteiger partial charge in [-0.1, -0.05) is 28.1 Å². The SMILES string of the molecule is NNC(c1cccs1)c1ccc(Br)cc1C(F)(F)F. The minimum atomic E-state index is -4.43. The second-order valence-corrected chi connectivity index (χ2v) is 5.74. The third kappa shape index (κ3) is 3.17. The fourth-order valence-corrected chi connectivity index (χ4v) is 2.97. The van der Waals surface area contributed by atoms with Crippen molar-refractivity contribution >= 4 is 27.3 Å². The van der Waals surface area contributed by atoms with E-state index in [-0.39, 0.29) is 5.56 Å². The highest BCUT2D eigenvalue weighted by molar-refractivity contribution is 9.10. The first kappa shape index (κ1) is 14.5. The van der Waals surface area contributed by atoms with Gasteiger partial charge in [-0.3, -0.25) is 5.84 Å². The average molecular weight is 351 g/mol. The minimum absolute atomic E-state index is 0.112. The summed E-state index contributed by atoms with van der Waals surface area (Å²) in [6.07, 6.45) is -4.43. The standard InChI is InChI=1S/C12H10BrF3N2S/c13-7-3-4-8(9(6-7)12(14,15)16)11(18-17)10-2-1-5-19-10/h1-6,11,18H,17H2. The molecule has 1 heterocycles. The molecule has 0 spiro atoms. The number of hydrogen-bond acceptors (Lipinski definition) is 3. The molecule has 1 aromatic carbocycles. The molecular formula is C12H10BrF3N2S. The summed E-state index contributed by atoms with van der Waals surface area (Å²) in [7, 11) is 0. The van der Waals surface area contributed by atoms with Gasteiger partial charge in [0.1, 0.15) is 0 Å². The molecular weight excluding hydrogens is 341 g/mol. The Kier molecular flexibility index (Phi) is 4.29. The lowest BCUT2D eigenvalue weighted by atomic mass is 9.99. The van der Waals surface area contributed by atoms with Crippen molar-refractivity contribution in [2.45, 2.75) is 12.2 Å². The van der Waals surface area contributed by atoms with Crippen LogP contribution >= 0.6 is 27.3 Å². The summed E-state index contributed by atoms with van der Waals surface area (Å²) in [4.78, 5) is 0.732. The molecule has 0 amide bonds. The van der Waals surface area contributed by atoms with Gasteiger partial charge in [-0.05, 0) is 29.1 Å². The van der Waals surface area contributed by atoms with Gasteiger partial charge < -0.3 is 0 Å². The molecule has 1 unspecified atom stereocenters. The molecule has 0 aliphatic heterocycles. The van der Waals surface area contributed by atoms with Gasteiger partial charge in [0.25, 0.3) is 0 Å². The lowest BCUT2D eigenvalue weighted by Crippen LogP contribution is -2.30. The highest BCUT2D eigenvalue weighted by Crippen LogP contribution is 2.38. The van der Waals surface area contributed by atoms with Crippen LogP contribution in [0, 0.1) is 0 Å². The van der Waals surface area contributed by atoms with Crippen LogP contribution in [0.2, 0.25) is 0 Å². The zero-order valence-corrected chi connectivity index (χ0v) is 11.9. The summed E-state index contributed by atoms with van der Waals surface area (Å²) in [6, 6.07) is 6.91. The summed E-state index contributed by atoms with van der Waals surface area (Å²) in [5.41, 5.74) is 1.86. The fourth-order valence-electron chi connectivity index (χ4n) is 1.81. The Morgan fingerprint density at radius 3 is 2.53 bits per heavy atom. The van der Waals surface area contributed by atoms with E-state index in [0.29, 0.717) is 4.47 Å². The summed E-state index contributed by atoms with van der Waals surface area (Å²) in [6.45, 7) is 0. The van der Waals surface area contributed by atoms with Crippen LogP contribution in [-0.2, 0) is 6.18 Å². The number of nitrogens with two attached hydrogens (primary N) is 1. The number of hydrazine groups is 1. The van der Waals surface area contributed by atoms with Crippen molar-refractivity contribution in [2.75, 3.05) is 0 Å². The van der Waals surface area contributed by atoms with Crippen LogP contribution in [0.5, 0.6) is 0 Å². The number of alkyl halides is 3. The van der Waals surface area contributed by atoms with E-state index < -0.39 is 17.8 Å². The summed E-state index contributed by atoms with van der Waals surface area (Å²) in [5.74, 6) is 5.42. The van der Waals surface area contributed by atoms with Gasteiger partial charge >= 0.3 is 6.18 Å². The van der Waals surface area contributed by atoms with Crippen molar-refractivity contribution in [1.29, 1.82) is 0 Å². The van der Waals surface area contributed by atoms with Gasteiger partial charge in [0, 0.05) is 9.35 Å². The summed E-state index contributed by atoms with van der Waals surface area (Å²) in [5, 5.41) is 1.80. The summed E-state index contributed by atoms with van der Waals surface area (Å²) >= 11 is 4.41. The smallest absolute Gasteiger partial charge is 0.271 e. The van der Waals surface area contributed by atoms with Crippen molar-refractivity contribution in [3.05, 3.63) is 56.2 Å². The molecule has 0 bridgehead atoms. The Morgan fingerprint density at radius 2 is 2.00 bits per heavy atom. The lowest BCUT2D eigenvalue weighted by molar-refractivity contribution is -0.138. The molecule has 102 valence electrons. The molecule has 7 heteroatoms. The molecule has 0 fully saturated rings. The van der Waals surface area contributed by atoms with E-state index in [2.05, 4.69) is 21.4 Å². The Morgan fingerprint density at radius 1 is 1.26 bits per heavy atom. The van der Waals surface area contributed by atoms with Crippen molar-refractivity contribution in [3.8, 4) is 0 Å². The average Bonchev–Trinajstić information content (AvgIpc) is 2.84. The van der Waals surface area contributed by atoms with Crippen molar-refractivity contribution in [2.24, 2.45) is 5.84 Å². The predicted octanol–water partition coefficient (Wildman–Crippen LogP) is 4.08. The van der Waals surface area contributed by atoms with Crippen LogP contribution in [-0.4, -0.2) is 0 Å². The first-order valence-electron chi connectivity index (χ1n) is 5.29. The Hall–Kier alpha value is -0.890. The molecule has 0 saturated carbocycles. The predicted molar refractivity (Wildman–Crippen MR) is 72.6 cm³/mol. The monoisotopic (exact) mass is 350 g/mol. The van der Waals surface area contributed by atoms with Gasteiger partial charge in [0.05, 0.1) is 11.6 Å². The van der Waals surface area contributed by atoms with E-state index >= 15 is 0 Å². The fraction of sp³-hybridized carbons (Fsp3) is 0.167. The lowest BCUT2D eigenvalue weighted by Gasteiger charge is -2.20. The van der Waals surface area contributed by atoms with Gasteiger partial charge in [0.15, 0.2) is 0 Å². The zero-order valence-electron chi connectivity index (χ0n) is 9.54. The van der Waals surface area contributed by atoms with Crippen molar-refractivity contribution in [1.82, 2.24) is 5.43 Å². The van der Waals surface area contributed by atoms with Gasteiger partial charge in [-0.15, -0.1) is 11.3 Å². The largest absolute Gasteiger partial charge is 0.416 e. The van der Waals surface area contributed by atoms with E-state index in [1.165, 1.54) is 17.4 Å². The second kappa shape index (κ2) is 5.62. The molecule has 1 atom stereocenters. The molecule has 2 nitrogen and oxygen atoms in total. The first-order valence-corrected chi connectivity index (χ1v) is 6.97. The molecule has 2 aromatic rings. The highest BCUT2D eigenvalue weighted by Gasteiger charge is 2.35. The van der Waals surface area contributed by atoms with Gasteiger partial charge in [-0.2, -0.15) is 13.2 Å². The Labute approximate surface area is 120 Å². The van der Waals surface area contributed by atoms with Crippen LogP contribution in [0.25, 0.3) is 0 Å². The maximum absolute atomic E-state index is 13.1. The first-order chi connectivity index (χ1) is 8.93. The van der Waals surface area contributed by atoms with Crippen LogP contribution in [0.3, 0.4) is 0 Å². The number of rotatable bonds is 3. The van der Waals surface area contributed by atoms with Gasteiger partial charge in [-0.25, -0.2) is 5.43 Å². The molecule has 0 radical (unpaired) electrons. The third-order valence-corrected chi connectivity index (χ3v) is 4.06. The highest BCUT2D eigenvalue weighted by atomic mass is 79.9. The number of hydrogen-bond donors (Lipinski definition) is 2. The molecule has 0 aliphatic rings. The topological polar surface area (TPSA) is 38.0 Å². The maximum atomic E-state index is 13.1. The summed E-state index contributed by atoms with van der Waals surface area (Å²) < 4.78 is 39.6. The second-order valence-electron chi connectivity index (χ2n) is 3.84. The van der Waals surface area contributed by atoms with Crippen LogP contribution in [0.1, 0.15) is 22.0 Å². The molecule has 2 rings (SSSR count). The van der Waals surface area contributed by atoms with Crippen LogP contribution in [0.4, 0.5) is 13.2 Å². The number of thiophene rings is 1. The van der Waals surface area contributed by atoms with Crippen molar-refractivity contribution in [3.63, 3.8) is 0 Å². The minimum Gasteiger partial charge on any atom is -0.271 e. The van der Waals surface area contributed by atoms with E-state index in [4.69, 9.17) is 5.84 Å². The van der Waals surface area contributed by atoms with Crippen LogP contribution < -0.4 is 11.3 Å². The van der Waals surface area contributed by atoms with Gasteiger partial charge in [0.2, 0.25) is 0 Å². The van der Waals surface area contributed by atoms with E-state index in [0.717, 1.165) is 10.9 Å². The van der Waals surface area contributed by atoms with E-state index in [9.17, 15) is 13.2 Å². The Bertz CT molecular complexity index is 555. The molecule has 0 aliphatic carbocycles. The third-order valence-electron chi connectivity index (χ3n) is 2.63. The van der Waals surface area contributed by atoms with Crippen LogP contribution in [0.15, 0.2) is 40.2 Å². The Balaban J connectivity index is 2.55. The number of nitrogens with one attached hydrogen (secondary N) is 1. The maximum Gasteiger partial charge on any atom is 0.416 e. The van der Waals surface area contributed by atoms with Crippen molar-refractivity contribution < 1.29 is 13.2 Å². The molecule has 0 saturated heterocycles. The number of halogens is 4. The normalized spacial score (nSPS) is 13.5. The number of benzene rings is 1. The molecule has 19 heavy (non-hydrogen) atoms. The molecule has 1 aromatic heterocycles. The van der Waals surface area contributed by atoms with E-state index in [1.54, 1.807) is 23.6 Å².